The second-order valence-electron chi connectivity index (χ2n) is 2.89. The van der Waals surface area contributed by atoms with Crippen LogP contribution in [0.25, 0.3) is 6.08 Å². The molecule has 2 rings (SSSR count). The van der Waals surface area contributed by atoms with Gasteiger partial charge in [-0.1, -0.05) is 42.1 Å². The quantitative estimate of drug-likeness (QED) is 0.760. The molecule has 70 valence electrons. The average Bonchev–Trinajstić information content (AvgIpc) is 2.39. The van der Waals surface area contributed by atoms with Crippen LogP contribution in [-0.2, 0) is 4.79 Å². The molecule has 14 heavy (non-hydrogen) atoms. The van der Waals surface area contributed by atoms with E-state index in [1.54, 1.807) is 6.08 Å². The van der Waals surface area contributed by atoms with Gasteiger partial charge >= 0.3 is 0 Å². The Hall–Kier alpha value is -1.48. The minimum absolute atomic E-state index is 0.378. The second-order valence-corrected chi connectivity index (χ2v) is 3.98. The summed E-state index contributed by atoms with van der Waals surface area (Å²) in [4.78, 5) is 12.7. The number of amides is 1. The predicted octanol–water partition coefficient (Wildman–Crippen LogP) is 2.17. The van der Waals surface area contributed by atoms with Crippen molar-refractivity contribution in [1.29, 1.82) is 0 Å². The number of benzene rings is 1. The van der Waals surface area contributed by atoms with Gasteiger partial charge in [-0.25, -0.2) is 0 Å². The number of carbonyl (C=O) groups excluding carboxylic acids is 1. The van der Waals surface area contributed by atoms with E-state index >= 15 is 0 Å². The van der Waals surface area contributed by atoms with Gasteiger partial charge < -0.3 is 5.73 Å². The zero-order chi connectivity index (χ0) is 9.97. The van der Waals surface area contributed by atoms with Crippen molar-refractivity contribution in [2.75, 3.05) is 0 Å². The van der Waals surface area contributed by atoms with Crippen molar-refractivity contribution in [3.63, 3.8) is 0 Å². The van der Waals surface area contributed by atoms with Gasteiger partial charge in [0.1, 0.15) is 0 Å². The molecule has 0 unspecified atom stereocenters. The summed E-state index contributed by atoms with van der Waals surface area (Å²) in [5, 5.41) is 0. The molecule has 0 fully saturated rings. The number of allylic oxidation sites excluding steroid dienone is 2. The van der Waals surface area contributed by atoms with Gasteiger partial charge in [-0.15, -0.1) is 0 Å². The van der Waals surface area contributed by atoms with Crippen LogP contribution in [0.2, 0.25) is 0 Å². The standard InChI is InChI=1S/C11H9NOS/c12-11(13)10-7-3-5-8-4-1-2-6-9(8)14-10/h1-7H,(H2,12,13). The van der Waals surface area contributed by atoms with E-state index in [-0.39, 0.29) is 5.91 Å². The Bertz CT molecular complexity index is 435. The SMILES string of the molecule is NC(=O)C1=CC=Cc2ccccc2S1. The zero-order valence-electron chi connectivity index (χ0n) is 7.44. The van der Waals surface area contributed by atoms with E-state index in [9.17, 15) is 4.79 Å². The van der Waals surface area contributed by atoms with E-state index in [4.69, 9.17) is 5.73 Å². The maximum atomic E-state index is 11.0. The van der Waals surface area contributed by atoms with Crippen LogP contribution >= 0.6 is 11.8 Å². The molecule has 2 N–H and O–H groups in total. The summed E-state index contributed by atoms with van der Waals surface area (Å²) in [5.41, 5.74) is 6.35. The van der Waals surface area contributed by atoms with Crippen LogP contribution < -0.4 is 5.73 Å². The van der Waals surface area contributed by atoms with Gasteiger partial charge in [0, 0.05) is 4.90 Å². The summed E-state index contributed by atoms with van der Waals surface area (Å²) in [6.45, 7) is 0. The number of hydrogen-bond donors (Lipinski definition) is 1. The number of fused-ring (bicyclic) bond motifs is 1. The number of primary amides is 1. The summed E-state index contributed by atoms with van der Waals surface area (Å²) in [6, 6.07) is 7.91. The summed E-state index contributed by atoms with van der Waals surface area (Å²) >= 11 is 1.41. The summed E-state index contributed by atoms with van der Waals surface area (Å²) < 4.78 is 0. The van der Waals surface area contributed by atoms with Crippen LogP contribution in [0.4, 0.5) is 0 Å². The zero-order valence-corrected chi connectivity index (χ0v) is 8.25. The average molecular weight is 203 g/mol. The molecule has 0 aliphatic carbocycles. The third-order valence-corrected chi connectivity index (χ3v) is 3.05. The number of hydrogen-bond acceptors (Lipinski definition) is 2. The smallest absolute Gasteiger partial charge is 0.255 e. The topological polar surface area (TPSA) is 43.1 Å². The van der Waals surface area contributed by atoms with Gasteiger partial charge in [0.05, 0.1) is 4.91 Å². The molecule has 1 aliphatic rings. The lowest BCUT2D eigenvalue weighted by Crippen LogP contribution is -2.11. The van der Waals surface area contributed by atoms with Crippen LogP contribution in [0.1, 0.15) is 5.56 Å². The van der Waals surface area contributed by atoms with Crippen molar-refractivity contribution in [2.24, 2.45) is 5.73 Å². The highest BCUT2D eigenvalue weighted by atomic mass is 32.2. The molecule has 1 aromatic rings. The Kier molecular flexibility index (Phi) is 2.41. The monoisotopic (exact) mass is 203 g/mol. The largest absolute Gasteiger partial charge is 0.365 e. The minimum Gasteiger partial charge on any atom is -0.365 e. The molecule has 0 saturated heterocycles. The van der Waals surface area contributed by atoms with Gasteiger partial charge in [-0.2, -0.15) is 0 Å². The highest BCUT2D eigenvalue weighted by Crippen LogP contribution is 2.32. The van der Waals surface area contributed by atoms with Crippen molar-refractivity contribution < 1.29 is 4.79 Å². The Morgan fingerprint density at radius 1 is 1.29 bits per heavy atom. The van der Waals surface area contributed by atoms with Gasteiger partial charge in [-0.3, -0.25) is 4.79 Å². The van der Waals surface area contributed by atoms with Crippen LogP contribution in [0.5, 0.6) is 0 Å². The maximum absolute atomic E-state index is 11.0. The fraction of sp³-hybridized carbons (Fsp3) is 0. The highest BCUT2D eigenvalue weighted by molar-refractivity contribution is 8.04. The number of thioether (sulfide) groups is 1. The molecule has 0 atom stereocenters. The first kappa shape index (κ1) is 9.09. The molecule has 2 nitrogen and oxygen atoms in total. The van der Waals surface area contributed by atoms with Gasteiger partial charge in [0.15, 0.2) is 0 Å². The lowest BCUT2D eigenvalue weighted by Gasteiger charge is -2.03. The molecule has 1 aromatic carbocycles. The Morgan fingerprint density at radius 2 is 2.07 bits per heavy atom. The Balaban J connectivity index is 2.42. The summed E-state index contributed by atoms with van der Waals surface area (Å²) in [6.07, 6.45) is 5.56. The molecule has 0 spiro atoms. The molecule has 0 aromatic heterocycles. The molecular weight excluding hydrogens is 194 g/mol. The third kappa shape index (κ3) is 1.72. The minimum atomic E-state index is -0.378. The third-order valence-electron chi connectivity index (χ3n) is 1.91. The van der Waals surface area contributed by atoms with Crippen LogP contribution in [-0.4, -0.2) is 5.91 Å². The molecular formula is C11H9NOS. The van der Waals surface area contributed by atoms with Crippen molar-refractivity contribution >= 4 is 23.7 Å². The first-order valence-electron chi connectivity index (χ1n) is 4.22. The van der Waals surface area contributed by atoms with E-state index < -0.39 is 0 Å². The first-order valence-corrected chi connectivity index (χ1v) is 5.04. The maximum Gasteiger partial charge on any atom is 0.255 e. The highest BCUT2D eigenvalue weighted by Gasteiger charge is 2.10. The van der Waals surface area contributed by atoms with Crippen LogP contribution in [0, 0.1) is 0 Å². The molecule has 1 amide bonds. The molecule has 0 bridgehead atoms. The lowest BCUT2D eigenvalue weighted by atomic mass is 10.2. The second kappa shape index (κ2) is 3.72. The van der Waals surface area contributed by atoms with Gasteiger partial charge in [-0.05, 0) is 17.7 Å². The fourth-order valence-electron chi connectivity index (χ4n) is 1.24. The molecule has 0 saturated carbocycles. The van der Waals surface area contributed by atoms with Gasteiger partial charge in [0.25, 0.3) is 5.91 Å². The predicted molar refractivity (Wildman–Crippen MR) is 58.6 cm³/mol. The van der Waals surface area contributed by atoms with E-state index in [0.717, 1.165) is 10.5 Å². The van der Waals surface area contributed by atoms with Crippen molar-refractivity contribution in [2.45, 2.75) is 4.90 Å². The Labute approximate surface area is 86.5 Å². The number of carbonyl (C=O) groups is 1. The molecule has 0 radical (unpaired) electrons. The van der Waals surface area contributed by atoms with Crippen molar-refractivity contribution in [3.8, 4) is 0 Å². The lowest BCUT2D eigenvalue weighted by molar-refractivity contribution is -0.113. The number of rotatable bonds is 1. The summed E-state index contributed by atoms with van der Waals surface area (Å²) in [7, 11) is 0. The molecule has 1 heterocycles. The summed E-state index contributed by atoms with van der Waals surface area (Å²) in [5.74, 6) is -0.378. The van der Waals surface area contributed by atoms with E-state index in [2.05, 4.69) is 0 Å². The normalized spacial score (nSPS) is 14.1. The van der Waals surface area contributed by atoms with E-state index in [1.165, 1.54) is 11.8 Å². The van der Waals surface area contributed by atoms with Crippen molar-refractivity contribution in [1.82, 2.24) is 0 Å². The first-order chi connectivity index (χ1) is 6.77. The van der Waals surface area contributed by atoms with Crippen molar-refractivity contribution in [3.05, 3.63) is 46.9 Å². The van der Waals surface area contributed by atoms with Crippen LogP contribution in [0.3, 0.4) is 0 Å². The van der Waals surface area contributed by atoms with Gasteiger partial charge in [0.2, 0.25) is 0 Å². The Morgan fingerprint density at radius 3 is 2.86 bits per heavy atom. The fourth-order valence-corrected chi connectivity index (χ4v) is 2.12. The van der Waals surface area contributed by atoms with Crippen LogP contribution in [0.15, 0.2) is 46.2 Å². The van der Waals surface area contributed by atoms with E-state index in [0.29, 0.717) is 4.91 Å². The van der Waals surface area contributed by atoms with E-state index in [1.807, 2.05) is 36.4 Å². The molecule has 3 heteroatoms. The number of nitrogens with two attached hydrogens (primary N) is 1. The molecule has 1 aliphatic heterocycles.